The van der Waals surface area contributed by atoms with E-state index in [1.165, 1.54) is 17.0 Å². The van der Waals surface area contributed by atoms with Gasteiger partial charge in [0.15, 0.2) is 5.69 Å². The number of nitrogens with one attached hydrogen (secondary N) is 1. The molecule has 2 aromatic heterocycles. The number of benzene rings is 2. The van der Waals surface area contributed by atoms with Crippen LogP contribution < -0.4 is 16.4 Å². The number of hydrogen-bond acceptors (Lipinski definition) is 7. The van der Waals surface area contributed by atoms with Crippen LogP contribution in [0.1, 0.15) is 36.9 Å². The van der Waals surface area contributed by atoms with Gasteiger partial charge in [0.25, 0.3) is 0 Å². The van der Waals surface area contributed by atoms with Crippen molar-refractivity contribution in [3.8, 4) is 22.5 Å². The standard InChI is InChI=1S/C30H31F3N8O2.ClH/c31-30(32,33)26-24(2-1-15-36-26)20-7-3-18(4-8-20)16-25(27(35)42)41(29(43)22-9-5-19(17-34)6-10-22)23-13-11-21(12-14-23)28-37-39-40-38-28;/h1-4,7-8,11-15,19,22,25H,5-6,9-10,16-17,34H2,(H2,35,42)(H,37,38,39,40);1H/t19?,22?,25-;/m0./s1. The highest BCUT2D eigenvalue weighted by Gasteiger charge is 2.37. The largest absolute Gasteiger partial charge is 0.433 e. The van der Waals surface area contributed by atoms with Gasteiger partial charge in [0.2, 0.25) is 17.6 Å². The van der Waals surface area contributed by atoms with Gasteiger partial charge in [-0.1, -0.05) is 30.3 Å². The number of halogens is 4. The number of nitrogens with zero attached hydrogens (tertiary/aromatic N) is 5. The molecule has 1 aliphatic carbocycles. The number of alkyl halides is 3. The van der Waals surface area contributed by atoms with Crippen molar-refractivity contribution >= 4 is 29.9 Å². The van der Waals surface area contributed by atoms with Gasteiger partial charge in [-0.25, -0.2) is 0 Å². The van der Waals surface area contributed by atoms with E-state index in [2.05, 4.69) is 25.6 Å². The molecule has 44 heavy (non-hydrogen) atoms. The number of aromatic nitrogens is 5. The Bertz CT molecular complexity index is 1540. The molecule has 14 heteroatoms. The number of H-pyrrole nitrogens is 1. The third-order valence-electron chi connectivity index (χ3n) is 7.93. The molecule has 0 spiro atoms. The fourth-order valence-corrected chi connectivity index (χ4v) is 5.58. The molecule has 0 saturated heterocycles. The summed E-state index contributed by atoms with van der Waals surface area (Å²) in [5.41, 5.74) is 12.8. The first-order valence-electron chi connectivity index (χ1n) is 13.9. The van der Waals surface area contributed by atoms with E-state index < -0.39 is 23.8 Å². The molecule has 2 aromatic carbocycles. The van der Waals surface area contributed by atoms with E-state index in [1.807, 2.05) is 0 Å². The van der Waals surface area contributed by atoms with Crippen molar-refractivity contribution in [1.82, 2.24) is 25.6 Å². The van der Waals surface area contributed by atoms with Gasteiger partial charge in [-0.2, -0.15) is 18.4 Å². The minimum absolute atomic E-state index is 0. The molecule has 5 rings (SSSR count). The van der Waals surface area contributed by atoms with Crippen LogP contribution in [0.15, 0.2) is 66.9 Å². The van der Waals surface area contributed by atoms with Gasteiger partial charge >= 0.3 is 6.18 Å². The monoisotopic (exact) mass is 628 g/mol. The Hall–Kier alpha value is -4.36. The van der Waals surface area contributed by atoms with E-state index in [9.17, 15) is 22.8 Å². The van der Waals surface area contributed by atoms with E-state index in [1.54, 1.807) is 48.5 Å². The summed E-state index contributed by atoms with van der Waals surface area (Å²) in [5, 5.41) is 13.9. The number of aromatic amines is 1. The summed E-state index contributed by atoms with van der Waals surface area (Å²) < 4.78 is 40.6. The maximum atomic E-state index is 14.0. The lowest BCUT2D eigenvalue weighted by Gasteiger charge is -2.35. The number of pyridine rings is 1. The SMILES string of the molecule is Cl.NCC1CCC(C(=O)N(c2ccc(-c3nn[nH]n3)cc2)[C@@H](Cc2ccc(-c3cccnc3C(F)(F)F)cc2)C(N)=O)CC1. The van der Waals surface area contributed by atoms with E-state index in [4.69, 9.17) is 11.5 Å². The van der Waals surface area contributed by atoms with Crippen LogP contribution in [0.4, 0.5) is 18.9 Å². The maximum Gasteiger partial charge on any atom is 0.433 e. The first kappa shape index (κ1) is 32.6. The van der Waals surface area contributed by atoms with Crippen molar-refractivity contribution in [1.29, 1.82) is 0 Å². The molecular weight excluding hydrogens is 597 g/mol. The first-order chi connectivity index (χ1) is 20.7. The molecule has 1 saturated carbocycles. The third-order valence-corrected chi connectivity index (χ3v) is 7.93. The number of tetrazole rings is 1. The molecule has 2 amide bonds. The molecule has 5 N–H and O–H groups in total. The molecule has 1 fully saturated rings. The first-order valence-corrected chi connectivity index (χ1v) is 13.9. The van der Waals surface area contributed by atoms with E-state index in [0.717, 1.165) is 19.0 Å². The lowest BCUT2D eigenvalue weighted by atomic mass is 9.81. The molecule has 4 aromatic rings. The van der Waals surface area contributed by atoms with Crippen LogP contribution in [0.5, 0.6) is 0 Å². The summed E-state index contributed by atoms with van der Waals surface area (Å²) in [6, 6.07) is 15.0. The zero-order valence-corrected chi connectivity index (χ0v) is 24.4. The van der Waals surface area contributed by atoms with Crippen LogP contribution >= 0.6 is 12.4 Å². The normalized spacial score (nSPS) is 17.4. The van der Waals surface area contributed by atoms with Crippen LogP contribution in [0.3, 0.4) is 0 Å². The van der Waals surface area contributed by atoms with Crippen LogP contribution in [0.2, 0.25) is 0 Å². The lowest BCUT2D eigenvalue weighted by molar-refractivity contribution is -0.140. The van der Waals surface area contributed by atoms with Gasteiger partial charge < -0.3 is 11.5 Å². The zero-order chi connectivity index (χ0) is 30.6. The maximum absolute atomic E-state index is 14.0. The van der Waals surface area contributed by atoms with E-state index >= 15 is 0 Å². The Labute approximate surface area is 257 Å². The van der Waals surface area contributed by atoms with Crippen LogP contribution in [-0.4, -0.2) is 50.0 Å². The van der Waals surface area contributed by atoms with Gasteiger partial charge in [0, 0.05) is 35.3 Å². The highest BCUT2D eigenvalue weighted by molar-refractivity contribution is 6.01. The average molecular weight is 629 g/mol. The van der Waals surface area contributed by atoms with Gasteiger partial charge in [0.05, 0.1) is 0 Å². The number of carbonyl (C=O) groups excluding carboxylic acids is 2. The van der Waals surface area contributed by atoms with Crippen molar-refractivity contribution < 1.29 is 22.8 Å². The Balaban J connectivity index is 0.00000442. The summed E-state index contributed by atoms with van der Waals surface area (Å²) in [6.07, 6.45) is -0.541. The molecule has 0 radical (unpaired) electrons. The summed E-state index contributed by atoms with van der Waals surface area (Å²) in [5.74, 6) is -0.501. The third kappa shape index (κ3) is 7.22. The van der Waals surface area contributed by atoms with Crippen molar-refractivity contribution in [2.75, 3.05) is 11.4 Å². The fourth-order valence-electron chi connectivity index (χ4n) is 5.58. The minimum atomic E-state index is -4.62. The van der Waals surface area contributed by atoms with Crippen LogP contribution in [-0.2, 0) is 22.2 Å². The molecule has 1 aliphatic rings. The number of amides is 2. The summed E-state index contributed by atoms with van der Waals surface area (Å²) >= 11 is 0. The van der Waals surface area contributed by atoms with Crippen molar-refractivity contribution in [2.24, 2.45) is 23.3 Å². The van der Waals surface area contributed by atoms with Gasteiger partial charge in [-0.15, -0.1) is 22.6 Å². The second-order valence-corrected chi connectivity index (χ2v) is 10.7. The quantitative estimate of drug-likeness (QED) is 0.245. The molecular formula is C30H32ClF3N8O2. The van der Waals surface area contributed by atoms with Crippen molar-refractivity contribution in [3.05, 3.63) is 78.1 Å². The Morgan fingerprint density at radius 2 is 1.64 bits per heavy atom. The average Bonchev–Trinajstić information content (AvgIpc) is 3.56. The van der Waals surface area contributed by atoms with Crippen molar-refractivity contribution in [3.63, 3.8) is 0 Å². The van der Waals surface area contributed by atoms with Gasteiger partial charge in [-0.3, -0.25) is 19.5 Å². The summed E-state index contributed by atoms with van der Waals surface area (Å²) in [7, 11) is 0. The molecule has 0 unspecified atom stereocenters. The number of primary amides is 1. The Kier molecular flexibility index (Phi) is 10.3. The van der Waals surface area contributed by atoms with Crippen LogP contribution in [0.25, 0.3) is 22.5 Å². The minimum Gasteiger partial charge on any atom is -0.368 e. The Morgan fingerprint density at radius 1 is 0.977 bits per heavy atom. The molecule has 10 nitrogen and oxygen atoms in total. The number of nitrogens with two attached hydrogens (primary N) is 2. The number of hydrogen-bond donors (Lipinski definition) is 3. The highest BCUT2D eigenvalue weighted by atomic mass is 35.5. The number of anilines is 1. The second-order valence-electron chi connectivity index (χ2n) is 10.7. The Morgan fingerprint density at radius 3 is 2.20 bits per heavy atom. The fraction of sp³-hybridized carbons (Fsp3) is 0.333. The second kappa shape index (κ2) is 14.0. The molecule has 2 heterocycles. The molecule has 232 valence electrons. The predicted octanol–water partition coefficient (Wildman–Crippen LogP) is 4.56. The van der Waals surface area contributed by atoms with Gasteiger partial charge in [0.1, 0.15) is 6.04 Å². The lowest BCUT2D eigenvalue weighted by Crippen LogP contribution is -2.52. The van der Waals surface area contributed by atoms with E-state index in [0.29, 0.717) is 53.5 Å². The summed E-state index contributed by atoms with van der Waals surface area (Å²) in [4.78, 5) is 32.0. The summed E-state index contributed by atoms with van der Waals surface area (Å²) in [6.45, 7) is 0.561. The van der Waals surface area contributed by atoms with E-state index in [-0.39, 0.29) is 36.2 Å². The molecule has 0 bridgehead atoms. The molecule has 1 atom stereocenters. The number of rotatable bonds is 9. The topological polar surface area (TPSA) is 157 Å². The van der Waals surface area contributed by atoms with Crippen molar-refractivity contribution in [2.45, 2.75) is 44.3 Å². The van der Waals surface area contributed by atoms with Gasteiger partial charge in [-0.05, 0) is 84.8 Å². The number of carbonyl (C=O) groups is 2. The smallest absolute Gasteiger partial charge is 0.368 e. The predicted molar refractivity (Wildman–Crippen MR) is 160 cm³/mol. The highest BCUT2D eigenvalue weighted by Crippen LogP contribution is 2.36. The zero-order valence-electron chi connectivity index (χ0n) is 23.6. The van der Waals surface area contributed by atoms with Crippen LogP contribution in [0, 0.1) is 11.8 Å². The molecule has 0 aliphatic heterocycles.